The second-order valence-corrected chi connectivity index (χ2v) is 7.10. The SMILES string of the molecule is CCOC(=O)[C@H]1CCCCN1C(=O)C[NH+](C)CC(=O)Nc1ccccc1Cl. The van der Waals surface area contributed by atoms with E-state index in [4.69, 9.17) is 16.3 Å². The van der Waals surface area contributed by atoms with Gasteiger partial charge in [-0.1, -0.05) is 23.7 Å². The first kappa shape index (κ1) is 21.2. The lowest BCUT2D eigenvalue weighted by Gasteiger charge is -2.34. The first-order chi connectivity index (χ1) is 12.9. The third kappa shape index (κ3) is 6.22. The molecule has 1 fully saturated rings. The third-order valence-electron chi connectivity index (χ3n) is 4.45. The molecule has 1 heterocycles. The topological polar surface area (TPSA) is 80.2 Å². The van der Waals surface area contributed by atoms with Crippen molar-refractivity contribution < 1.29 is 24.0 Å². The Morgan fingerprint density at radius 2 is 2.00 bits per heavy atom. The van der Waals surface area contributed by atoms with Crippen LogP contribution >= 0.6 is 11.6 Å². The van der Waals surface area contributed by atoms with Gasteiger partial charge in [-0.2, -0.15) is 0 Å². The molecule has 0 radical (unpaired) electrons. The molecule has 1 saturated heterocycles. The van der Waals surface area contributed by atoms with Crippen LogP contribution < -0.4 is 10.2 Å². The number of benzene rings is 1. The van der Waals surface area contributed by atoms with Crippen LogP contribution in [0.5, 0.6) is 0 Å². The summed E-state index contributed by atoms with van der Waals surface area (Å²) in [4.78, 5) is 39.3. The van der Waals surface area contributed by atoms with Gasteiger partial charge in [0.15, 0.2) is 13.1 Å². The highest BCUT2D eigenvalue weighted by Gasteiger charge is 2.34. The third-order valence-corrected chi connectivity index (χ3v) is 4.77. The van der Waals surface area contributed by atoms with Crippen molar-refractivity contribution in [3.63, 3.8) is 0 Å². The minimum Gasteiger partial charge on any atom is -0.464 e. The number of piperidine rings is 1. The van der Waals surface area contributed by atoms with Crippen molar-refractivity contribution in [1.82, 2.24) is 4.90 Å². The number of rotatable bonds is 7. The van der Waals surface area contributed by atoms with Crippen LogP contribution in [0.3, 0.4) is 0 Å². The van der Waals surface area contributed by atoms with Crippen molar-refractivity contribution in [3.8, 4) is 0 Å². The van der Waals surface area contributed by atoms with E-state index in [1.54, 1.807) is 43.1 Å². The van der Waals surface area contributed by atoms with Crippen LogP contribution in [0.2, 0.25) is 5.02 Å². The minimum absolute atomic E-state index is 0.120. The van der Waals surface area contributed by atoms with Crippen LogP contribution in [0.25, 0.3) is 0 Å². The van der Waals surface area contributed by atoms with Crippen molar-refractivity contribution in [2.75, 3.05) is 38.6 Å². The molecular weight excluding hydrogens is 370 g/mol. The molecule has 2 amide bonds. The molecule has 148 valence electrons. The molecule has 8 heteroatoms. The van der Waals surface area contributed by atoms with E-state index in [2.05, 4.69) is 5.32 Å². The number of likely N-dealkylation sites (tertiary alicyclic amines) is 1. The Balaban J connectivity index is 1.88. The number of hydrogen-bond donors (Lipinski definition) is 2. The number of amides is 2. The van der Waals surface area contributed by atoms with Gasteiger partial charge in [0.25, 0.3) is 11.8 Å². The van der Waals surface area contributed by atoms with Gasteiger partial charge in [-0.25, -0.2) is 4.79 Å². The molecule has 1 aliphatic rings. The number of quaternary nitrogens is 1. The molecule has 1 unspecified atom stereocenters. The number of halogens is 1. The maximum absolute atomic E-state index is 12.7. The lowest BCUT2D eigenvalue weighted by molar-refractivity contribution is -0.862. The number of para-hydroxylation sites is 1. The van der Waals surface area contributed by atoms with Crippen LogP contribution in [0.4, 0.5) is 5.69 Å². The zero-order valence-electron chi connectivity index (χ0n) is 15.8. The average molecular weight is 397 g/mol. The highest BCUT2D eigenvalue weighted by Crippen LogP contribution is 2.20. The molecule has 1 aromatic rings. The number of carbonyl (C=O) groups excluding carboxylic acids is 3. The number of carbonyl (C=O) groups is 3. The molecule has 0 saturated carbocycles. The van der Waals surface area contributed by atoms with Gasteiger partial charge in [-0.05, 0) is 38.3 Å². The fourth-order valence-electron chi connectivity index (χ4n) is 3.17. The lowest BCUT2D eigenvalue weighted by Crippen LogP contribution is -3.11. The molecule has 1 aromatic carbocycles. The van der Waals surface area contributed by atoms with Crippen LogP contribution in [0.15, 0.2) is 24.3 Å². The Kier molecular flexibility index (Phi) is 8.06. The predicted molar refractivity (Wildman–Crippen MR) is 103 cm³/mol. The highest BCUT2D eigenvalue weighted by atomic mass is 35.5. The molecule has 27 heavy (non-hydrogen) atoms. The fraction of sp³-hybridized carbons (Fsp3) is 0.526. The standard InChI is InChI=1S/C19H26ClN3O4/c1-3-27-19(26)16-10-6-7-11-23(16)18(25)13-22(2)12-17(24)21-15-9-5-4-8-14(15)20/h4-5,8-9,16H,3,6-7,10-13H2,1-2H3,(H,21,24)/p+1/t16-/m1/s1. The zero-order valence-corrected chi connectivity index (χ0v) is 16.6. The summed E-state index contributed by atoms with van der Waals surface area (Å²) in [7, 11) is 1.77. The van der Waals surface area contributed by atoms with Crippen molar-refractivity contribution in [3.05, 3.63) is 29.3 Å². The number of anilines is 1. The molecule has 0 aromatic heterocycles. The number of likely N-dealkylation sites (N-methyl/N-ethyl adjacent to an activating group) is 1. The van der Waals surface area contributed by atoms with Crippen LogP contribution in [-0.2, 0) is 19.1 Å². The van der Waals surface area contributed by atoms with Crippen molar-refractivity contribution in [1.29, 1.82) is 0 Å². The van der Waals surface area contributed by atoms with Gasteiger partial charge in [-0.3, -0.25) is 9.59 Å². The van der Waals surface area contributed by atoms with E-state index in [0.717, 1.165) is 17.7 Å². The van der Waals surface area contributed by atoms with Crippen LogP contribution in [0, 0.1) is 0 Å². The minimum atomic E-state index is -0.518. The first-order valence-corrected chi connectivity index (χ1v) is 9.62. The van der Waals surface area contributed by atoms with E-state index in [9.17, 15) is 14.4 Å². The van der Waals surface area contributed by atoms with Gasteiger partial charge in [-0.15, -0.1) is 0 Å². The normalized spacial score (nSPS) is 17.9. The van der Waals surface area contributed by atoms with E-state index < -0.39 is 6.04 Å². The van der Waals surface area contributed by atoms with Crippen LogP contribution in [-0.4, -0.2) is 62.0 Å². The number of nitrogens with one attached hydrogen (secondary N) is 2. The Bertz CT molecular complexity index is 683. The largest absolute Gasteiger partial charge is 0.464 e. The molecule has 2 N–H and O–H groups in total. The average Bonchev–Trinajstić information content (AvgIpc) is 2.63. The molecule has 2 rings (SSSR count). The highest BCUT2D eigenvalue weighted by molar-refractivity contribution is 6.33. The number of esters is 1. The first-order valence-electron chi connectivity index (χ1n) is 9.24. The summed E-state index contributed by atoms with van der Waals surface area (Å²) < 4.78 is 5.09. The van der Waals surface area contributed by atoms with E-state index >= 15 is 0 Å². The van der Waals surface area contributed by atoms with Crippen molar-refractivity contribution >= 4 is 35.1 Å². The molecule has 0 spiro atoms. The maximum atomic E-state index is 12.7. The summed E-state index contributed by atoms with van der Waals surface area (Å²) in [6, 6.07) is 6.47. The summed E-state index contributed by atoms with van der Waals surface area (Å²) in [5.74, 6) is -0.718. The molecule has 2 atom stereocenters. The summed E-state index contributed by atoms with van der Waals surface area (Å²) in [5, 5.41) is 3.21. The number of nitrogens with zero attached hydrogens (tertiary/aromatic N) is 1. The second-order valence-electron chi connectivity index (χ2n) is 6.69. The summed E-state index contributed by atoms with van der Waals surface area (Å²) in [6.07, 6.45) is 2.39. The van der Waals surface area contributed by atoms with Crippen LogP contribution in [0.1, 0.15) is 26.2 Å². The maximum Gasteiger partial charge on any atom is 0.328 e. The Hall–Kier alpha value is -2.12. The van der Waals surface area contributed by atoms with E-state index in [-0.39, 0.29) is 30.9 Å². The zero-order chi connectivity index (χ0) is 19.8. The van der Waals surface area contributed by atoms with Gasteiger partial charge in [0.1, 0.15) is 6.04 Å². The van der Waals surface area contributed by atoms with Gasteiger partial charge < -0.3 is 19.9 Å². The van der Waals surface area contributed by atoms with Gasteiger partial charge >= 0.3 is 5.97 Å². The number of ether oxygens (including phenoxy) is 1. The molecule has 1 aliphatic heterocycles. The van der Waals surface area contributed by atoms with Gasteiger partial charge in [0.2, 0.25) is 0 Å². The van der Waals surface area contributed by atoms with Crippen molar-refractivity contribution in [2.24, 2.45) is 0 Å². The molecular formula is C19H27ClN3O4+. The second kappa shape index (κ2) is 10.3. The lowest BCUT2D eigenvalue weighted by atomic mass is 10.0. The van der Waals surface area contributed by atoms with Crippen molar-refractivity contribution in [2.45, 2.75) is 32.2 Å². The Morgan fingerprint density at radius 1 is 1.26 bits per heavy atom. The molecule has 0 aliphatic carbocycles. The molecule has 0 bridgehead atoms. The predicted octanol–water partition coefficient (Wildman–Crippen LogP) is 0.737. The summed E-state index contributed by atoms with van der Waals surface area (Å²) in [6.45, 7) is 2.84. The number of hydrogen-bond acceptors (Lipinski definition) is 4. The monoisotopic (exact) mass is 396 g/mol. The van der Waals surface area contributed by atoms with E-state index in [0.29, 0.717) is 30.3 Å². The molecule has 7 nitrogen and oxygen atoms in total. The smallest absolute Gasteiger partial charge is 0.328 e. The quantitative estimate of drug-likeness (QED) is 0.666. The Morgan fingerprint density at radius 3 is 2.70 bits per heavy atom. The summed E-state index contributed by atoms with van der Waals surface area (Å²) in [5.41, 5.74) is 0.543. The summed E-state index contributed by atoms with van der Waals surface area (Å²) >= 11 is 6.04. The fourth-order valence-corrected chi connectivity index (χ4v) is 3.35. The Labute approximate surface area is 164 Å². The van der Waals surface area contributed by atoms with Gasteiger partial charge in [0, 0.05) is 6.54 Å². The van der Waals surface area contributed by atoms with E-state index in [1.807, 2.05) is 0 Å². The van der Waals surface area contributed by atoms with Gasteiger partial charge in [0.05, 0.1) is 24.4 Å². The van der Waals surface area contributed by atoms with E-state index in [1.165, 1.54) is 0 Å².